The van der Waals surface area contributed by atoms with Crippen molar-refractivity contribution < 1.29 is 0 Å². The smallest absolute Gasteiger partial charge is 0.00698 e. The van der Waals surface area contributed by atoms with Gasteiger partial charge in [-0.25, -0.2) is 0 Å². The first-order valence-corrected chi connectivity index (χ1v) is 6.04. The fourth-order valence-corrected chi connectivity index (χ4v) is 2.78. The van der Waals surface area contributed by atoms with Crippen molar-refractivity contribution in [2.24, 2.45) is 0 Å². The van der Waals surface area contributed by atoms with Gasteiger partial charge in [0, 0.05) is 6.04 Å². The summed E-state index contributed by atoms with van der Waals surface area (Å²) in [7, 11) is 2.09. The lowest BCUT2D eigenvalue weighted by Crippen LogP contribution is -2.30. The van der Waals surface area contributed by atoms with Crippen LogP contribution in [0.5, 0.6) is 0 Å². The van der Waals surface area contributed by atoms with Crippen molar-refractivity contribution >= 4 is 0 Å². The summed E-state index contributed by atoms with van der Waals surface area (Å²) in [5.74, 6) is 0.775. The van der Waals surface area contributed by atoms with Crippen LogP contribution in [0.2, 0.25) is 0 Å². The molecule has 0 aromatic heterocycles. The maximum Gasteiger partial charge on any atom is 0.00698 e. The van der Waals surface area contributed by atoms with Gasteiger partial charge in [-0.05, 0) is 50.3 Å². The van der Waals surface area contributed by atoms with Gasteiger partial charge in [-0.1, -0.05) is 30.7 Å². The molecule has 1 nitrogen and oxygen atoms in total. The van der Waals surface area contributed by atoms with Crippen molar-refractivity contribution in [1.29, 1.82) is 0 Å². The predicted molar refractivity (Wildman–Crippen MR) is 65.2 cm³/mol. The molecule has 0 heterocycles. The molecule has 0 amide bonds. The lowest BCUT2D eigenvalue weighted by Gasteiger charge is -2.30. The summed E-state index contributed by atoms with van der Waals surface area (Å²) in [5, 5.41) is 3.42. The van der Waals surface area contributed by atoms with Gasteiger partial charge in [-0.15, -0.1) is 0 Å². The Morgan fingerprint density at radius 3 is 2.73 bits per heavy atom. The Labute approximate surface area is 92.9 Å². The van der Waals surface area contributed by atoms with Crippen LogP contribution >= 0.6 is 0 Å². The van der Waals surface area contributed by atoms with E-state index in [1.165, 1.54) is 31.2 Å². The predicted octanol–water partition coefficient (Wildman–Crippen LogP) is 3.24. The van der Waals surface area contributed by atoms with Crippen LogP contribution in [-0.4, -0.2) is 13.1 Å². The fourth-order valence-electron chi connectivity index (χ4n) is 2.78. The Balaban J connectivity index is 2.13. The number of benzene rings is 1. The van der Waals surface area contributed by atoms with Gasteiger partial charge < -0.3 is 5.32 Å². The molecule has 0 radical (unpaired) electrons. The summed E-state index contributed by atoms with van der Waals surface area (Å²) in [6.07, 6.45) is 5.38. The third-order valence-corrected chi connectivity index (χ3v) is 3.71. The van der Waals surface area contributed by atoms with E-state index in [4.69, 9.17) is 0 Å². The summed E-state index contributed by atoms with van der Waals surface area (Å²) in [4.78, 5) is 0. The molecule has 2 unspecified atom stereocenters. The first-order chi connectivity index (χ1) is 7.31. The van der Waals surface area contributed by atoms with E-state index in [1.54, 1.807) is 5.56 Å². The standard InChI is InChI=1S/C14H21N/c1-11-6-3-4-9-14(11)12-7-5-8-13(10-12)15-2/h3-4,6,9,12-13,15H,5,7-8,10H2,1-2H3. The Morgan fingerprint density at radius 2 is 2.00 bits per heavy atom. The van der Waals surface area contributed by atoms with Crippen LogP contribution in [0.15, 0.2) is 24.3 Å². The van der Waals surface area contributed by atoms with Crippen molar-refractivity contribution in [2.45, 2.75) is 44.6 Å². The van der Waals surface area contributed by atoms with Crippen LogP contribution in [0, 0.1) is 6.92 Å². The molecule has 0 aliphatic heterocycles. The first kappa shape index (κ1) is 10.7. The Kier molecular flexibility index (Phi) is 3.42. The maximum absolute atomic E-state index is 3.42. The maximum atomic E-state index is 3.42. The van der Waals surface area contributed by atoms with E-state index in [1.807, 2.05) is 0 Å². The molecule has 1 aliphatic rings. The molecule has 0 bridgehead atoms. The second-order valence-electron chi connectivity index (χ2n) is 4.71. The molecule has 1 aromatic carbocycles. The van der Waals surface area contributed by atoms with Crippen LogP contribution in [0.25, 0.3) is 0 Å². The molecular weight excluding hydrogens is 182 g/mol. The summed E-state index contributed by atoms with van der Waals surface area (Å²) < 4.78 is 0. The highest BCUT2D eigenvalue weighted by molar-refractivity contribution is 5.29. The molecule has 1 aromatic rings. The zero-order valence-electron chi connectivity index (χ0n) is 9.79. The average molecular weight is 203 g/mol. The zero-order chi connectivity index (χ0) is 10.7. The van der Waals surface area contributed by atoms with Gasteiger partial charge in [0.25, 0.3) is 0 Å². The van der Waals surface area contributed by atoms with Crippen LogP contribution < -0.4 is 5.32 Å². The van der Waals surface area contributed by atoms with Crippen molar-refractivity contribution in [2.75, 3.05) is 7.05 Å². The van der Waals surface area contributed by atoms with Gasteiger partial charge in [0.1, 0.15) is 0 Å². The third kappa shape index (κ3) is 2.40. The second-order valence-corrected chi connectivity index (χ2v) is 4.71. The van der Waals surface area contributed by atoms with Crippen LogP contribution in [0.4, 0.5) is 0 Å². The van der Waals surface area contributed by atoms with E-state index in [0.717, 1.165) is 12.0 Å². The summed E-state index contributed by atoms with van der Waals surface area (Å²) in [6, 6.07) is 9.57. The number of hydrogen-bond acceptors (Lipinski definition) is 1. The summed E-state index contributed by atoms with van der Waals surface area (Å²) in [6.45, 7) is 2.23. The highest BCUT2D eigenvalue weighted by atomic mass is 14.9. The highest BCUT2D eigenvalue weighted by Crippen LogP contribution is 2.34. The van der Waals surface area contributed by atoms with E-state index in [-0.39, 0.29) is 0 Å². The lowest BCUT2D eigenvalue weighted by atomic mass is 9.80. The number of hydrogen-bond donors (Lipinski definition) is 1. The molecule has 2 atom stereocenters. The van der Waals surface area contributed by atoms with E-state index in [2.05, 4.69) is 43.6 Å². The molecule has 1 aliphatic carbocycles. The van der Waals surface area contributed by atoms with E-state index in [0.29, 0.717) is 0 Å². The van der Waals surface area contributed by atoms with Gasteiger partial charge in [0.15, 0.2) is 0 Å². The van der Waals surface area contributed by atoms with Gasteiger partial charge in [0.05, 0.1) is 0 Å². The van der Waals surface area contributed by atoms with Crippen molar-refractivity contribution in [3.8, 4) is 0 Å². The Bertz CT molecular complexity index is 319. The number of rotatable bonds is 2. The molecular formula is C14H21N. The van der Waals surface area contributed by atoms with E-state index >= 15 is 0 Å². The molecule has 0 spiro atoms. The normalized spacial score (nSPS) is 26.5. The highest BCUT2D eigenvalue weighted by Gasteiger charge is 2.22. The Morgan fingerprint density at radius 1 is 1.20 bits per heavy atom. The number of aryl methyl sites for hydroxylation is 1. The average Bonchev–Trinajstić information content (AvgIpc) is 2.30. The zero-order valence-corrected chi connectivity index (χ0v) is 9.79. The molecule has 15 heavy (non-hydrogen) atoms. The number of nitrogens with one attached hydrogen (secondary N) is 1. The monoisotopic (exact) mass is 203 g/mol. The Hall–Kier alpha value is -0.820. The summed E-state index contributed by atoms with van der Waals surface area (Å²) in [5.41, 5.74) is 3.02. The first-order valence-electron chi connectivity index (χ1n) is 6.04. The second kappa shape index (κ2) is 4.80. The molecule has 1 heteroatoms. The van der Waals surface area contributed by atoms with Gasteiger partial charge in [0.2, 0.25) is 0 Å². The van der Waals surface area contributed by atoms with Gasteiger partial charge in [-0.2, -0.15) is 0 Å². The van der Waals surface area contributed by atoms with Crippen molar-refractivity contribution in [3.63, 3.8) is 0 Å². The minimum Gasteiger partial charge on any atom is -0.317 e. The largest absolute Gasteiger partial charge is 0.317 e. The lowest BCUT2D eigenvalue weighted by molar-refractivity contribution is 0.355. The molecule has 1 fully saturated rings. The van der Waals surface area contributed by atoms with Crippen LogP contribution in [0.1, 0.15) is 42.7 Å². The molecule has 82 valence electrons. The molecule has 1 N–H and O–H groups in total. The van der Waals surface area contributed by atoms with E-state index < -0.39 is 0 Å². The van der Waals surface area contributed by atoms with E-state index in [9.17, 15) is 0 Å². The van der Waals surface area contributed by atoms with Crippen LogP contribution in [-0.2, 0) is 0 Å². The molecule has 1 saturated carbocycles. The quantitative estimate of drug-likeness (QED) is 0.778. The summed E-state index contributed by atoms with van der Waals surface area (Å²) >= 11 is 0. The van der Waals surface area contributed by atoms with Gasteiger partial charge in [-0.3, -0.25) is 0 Å². The topological polar surface area (TPSA) is 12.0 Å². The molecule has 0 saturated heterocycles. The van der Waals surface area contributed by atoms with Crippen molar-refractivity contribution in [1.82, 2.24) is 5.32 Å². The SMILES string of the molecule is CNC1CCCC(c2ccccc2C)C1. The minimum absolute atomic E-state index is 0.725. The fraction of sp³-hybridized carbons (Fsp3) is 0.571. The molecule has 2 rings (SSSR count). The minimum atomic E-state index is 0.725. The van der Waals surface area contributed by atoms with Gasteiger partial charge >= 0.3 is 0 Å². The van der Waals surface area contributed by atoms with Crippen LogP contribution in [0.3, 0.4) is 0 Å². The van der Waals surface area contributed by atoms with Crippen molar-refractivity contribution in [3.05, 3.63) is 35.4 Å². The third-order valence-electron chi connectivity index (χ3n) is 3.71.